The van der Waals surface area contributed by atoms with Crippen molar-refractivity contribution in [3.05, 3.63) is 77.3 Å². The molecule has 0 saturated heterocycles. The van der Waals surface area contributed by atoms with Gasteiger partial charge in [-0.1, -0.05) is 31.1 Å². The highest BCUT2D eigenvalue weighted by molar-refractivity contribution is 5.95. The molecule has 0 aliphatic rings. The lowest BCUT2D eigenvalue weighted by molar-refractivity contribution is 0.0939. The van der Waals surface area contributed by atoms with E-state index in [1.165, 1.54) is 18.3 Å². The third kappa shape index (κ3) is 4.27. The molecule has 4 rings (SSSR count). The molecule has 1 amide bonds. The topological polar surface area (TPSA) is 98.7 Å². The second-order valence-corrected chi connectivity index (χ2v) is 7.82. The molecule has 1 atom stereocenters. The summed E-state index contributed by atoms with van der Waals surface area (Å²) in [5, 5.41) is 11.2. The Labute approximate surface area is 184 Å². The average molecular weight is 434 g/mol. The maximum Gasteiger partial charge on any atom is 0.259 e. The van der Waals surface area contributed by atoms with Crippen molar-refractivity contribution in [2.45, 2.75) is 39.7 Å². The van der Waals surface area contributed by atoms with E-state index in [-0.39, 0.29) is 23.7 Å². The molecular weight excluding hydrogens is 411 g/mol. The molecule has 1 aromatic carbocycles. The van der Waals surface area contributed by atoms with Crippen molar-refractivity contribution >= 4 is 5.91 Å². The van der Waals surface area contributed by atoms with Crippen LogP contribution in [0, 0.1) is 12.7 Å². The fraction of sp³-hybridized carbons (Fsp3) is 0.261. The van der Waals surface area contributed by atoms with Crippen molar-refractivity contribution in [3.8, 4) is 17.3 Å². The molecule has 0 fully saturated rings. The van der Waals surface area contributed by atoms with Gasteiger partial charge in [0.05, 0.1) is 29.1 Å². The SMILES string of the molecule is Cc1c(C(=O)N[C@H](C)c2ccc(F)cc2)cnn1-c1ccc(-c2nc(C(C)C)no2)cn1. The molecule has 32 heavy (non-hydrogen) atoms. The molecule has 0 aliphatic heterocycles. The number of halogens is 1. The standard InChI is InChI=1S/C23H23FN6O2/c1-13(2)21-28-23(32-29-21)17-7-10-20(25-11-17)30-15(4)19(12-26-30)22(31)27-14(3)16-5-8-18(24)9-6-16/h5-14H,1-4H3,(H,27,31)/t14-/m1/s1. The molecule has 0 saturated carbocycles. The Hall–Kier alpha value is -3.88. The minimum absolute atomic E-state index is 0.168. The number of rotatable bonds is 6. The summed E-state index contributed by atoms with van der Waals surface area (Å²) < 4.78 is 20.0. The molecule has 0 bridgehead atoms. The maximum absolute atomic E-state index is 13.1. The number of hydrogen-bond acceptors (Lipinski definition) is 6. The van der Waals surface area contributed by atoms with E-state index in [9.17, 15) is 9.18 Å². The molecule has 164 valence electrons. The Kier molecular flexibility index (Phi) is 5.81. The van der Waals surface area contributed by atoms with Gasteiger partial charge in [-0.05, 0) is 43.7 Å². The van der Waals surface area contributed by atoms with Crippen LogP contribution in [0.15, 0.2) is 53.3 Å². The third-order valence-electron chi connectivity index (χ3n) is 5.14. The second kappa shape index (κ2) is 8.70. The van der Waals surface area contributed by atoms with Crippen molar-refractivity contribution < 1.29 is 13.7 Å². The van der Waals surface area contributed by atoms with Crippen LogP contribution < -0.4 is 5.32 Å². The number of aromatic nitrogens is 5. The van der Waals surface area contributed by atoms with E-state index in [0.717, 1.165) is 5.56 Å². The van der Waals surface area contributed by atoms with Crippen LogP contribution >= 0.6 is 0 Å². The maximum atomic E-state index is 13.1. The summed E-state index contributed by atoms with van der Waals surface area (Å²) in [6.07, 6.45) is 3.13. The van der Waals surface area contributed by atoms with E-state index < -0.39 is 0 Å². The monoisotopic (exact) mass is 434 g/mol. The lowest BCUT2D eigenvalue weighted by Crippen LogP contribution is -2.27. The lowest BCUT2D eigenvalue weighted by atomic mass is 10.1. The Morgan fingerprint density at radius 3 is 2.47 bits per heavy atom. The van der Waals surface area contributed by atoms with Gasteiger partial charge in [0.2, 0.25) is 0 Å². The van der Waals surface area contributed by atoms with Gasteiger partial charge >= 0.3 is 0 Å². The van der Waals surface area contributed by atoms with E-state index in [2.05, 4.69) is 25.5 Å². The van der Waals surface area contributed by atoms with Crippen LogP contribution in [0.2, 0.25) is 0 Å². The number of benzene rings is 1. The average Bonchev–Trinajstić information content (AvgIpc) is 3.42. The van der Waals surface area contributed by atoms with E-state index >= 15 is 0 Å². The number of hydrogen-bond donors (Lipinski definition) is 1. The van der Waals surface area contributed by atoms with Crippen LogP contribution in [-0.4, -0.2) is 30.8 Å². The van der Waals surface area contributed by atoms with Gasteiger partial charge in [-0.15, -0.1) is 0 Å². The Morgan fingerprint density at radius 1 is 1.09 bits per heavy atom. The first kappa shape index (κ1) is 21.4. The summed E-state index contributed by atoms with van der Waals surface area (Å²) in [6.45, 7) is 7.62. The Bertz CT molecular complexity index is 1230. The Balaban J connectivity index is 1.50. The molecule has 3 heterocycles. The van der Waals surface area contributed by atoms with Crippen molar-refractivity contribution in [3.63, 3.8) is 0 Å². The van der Waals surface area contributed by atoms with Gasteiger partial charge in [0, 0.05) is 12.1 Å². The molecule has 0 aliphatic carbocycles. The number of carbonyl (C=O) groups is 1. The Morgan fingerprint density at radius 2 is 1.84 bits per heavy atom. The smallest absolute Gasteiger partial charge is 0.259 e. The van der Waals surface area contributed by atoms with Crippen LogP contribution in [0.5, 0.6) is 0 Å². The minimum Gasteiger partial charge on any atom is -0.345 e. The second-order valence-electron chi connectivity index (χ2n) is 7.82. The summed E-state index contributed by atoms with van der Waals surface area (Å²) in [5.41, 5.74) is 2.59. The van der Waals surface area contributed by atoms with Crippen LogP contribution in [0.3, 0.4) is 0 Å². The van der Waals surface area contributed by atoms with Gasteiger partial charge in [0.15, 0.2) is 11.6 Å². The summed E-state index contributed by atoms with van der Waals surface area (Å²) >= 11 is 0. The normalized spacial score (nSPS) is 12.2. The van der Waals surface area contributed by atoms with E-state index in [1.807, 2.05) is 26.8 Å². The largest absolute Gasteiger partial charge is 0.345 e. The summed E-state index contributed by atoms with van der Waals surface area (Å²) in [4.78, 5) is 21.6. The predicted molar refractivity (Wildman–Crippen MR) is 116 cm³/mol. The van der Waals surface area contributed by atoms with Crippen molar-refractivity contribution in [2.75, 3.05) is 0 Å². The van der Waals surface area contributed by atoms with Gasteiger partial charge in [0.25, 0.3) is 11.8 Å². The fourth-order valence-electron chi connectivity index (χ4n) is 3.20. The van der Waals surface area contributed by atoms with Crippen molar-refractivity contribution in [1.82, 2.24) is 30.2 Å². The highest BCUT2D eigenvalue weighted by Crippen LogP contribution is 2.21. The highest BCUT2D eigenvalue weighted by atomic mass is 19.1. The van der Waals surface area contributed by atoms with Crippen LogP contribution in [-0.2, 0) is 0 Å². The third-order valence-corrected chi connectivity index (χ3v) is 5.14. The quantitative estimate of drug-likeness (QED) is 0.484. The van der Waals surface area contributed by atoms with Gasteiger partial charge in [-0.3, -0.25) is 4.79 Å². The first-order valence-corrected chi connectivity index (χ1v) is 10.2. The predicted octanol–water partition coefficient (Wildman–Crippen LogP) is 4.38. The van der Waals surface area contributed by atoms with Crippen molar-refractivity contribution in [2.24, 2.45) is 0 Å². The van der Waals surface area contributed by atoms with Gasteiger partial charge < -0.3 is 9.84 Å². The highest BCUT2D eigenvalue weighted by Gasteiger charge is 2.19. The van der Waals surface area contributed by atoms with Crippen LogP contribution in [0.1, 0.15) is 60.2 Å². The molecule has 0 radical (unpaired) electrons. The molecule has 1 N–H and O–H groups in total. The molecule has 0 unspecified atom stereocenters. The number of carbonyl (C=O) groups excluding carboxylic acids is 1. The van der Waals surface area contributed by atoms with E-state index in [4.69, 9.17) is 4.52 Å². The molecule has 0 spiro atoms. The number of nitrogens with zero attached hydrogens (tertiary/aromatic N) is 5. The first-order chi connectivity index (χ1) is 15.3. The number of nitrogens with one attached hydrogen (secondary N) is 1. The fourth-order valence-corrected chi connectivity index (χ4v) is 3.20. The first-order valence-electron chi connectivity index (χ1n) is 10.2. The van der Waals surface area contributed by atoms with Crippen LogP contribution in [0.25, 0.3) is 17.3 Å². The summed E-state index contributed by atoms with van der Waals surface area (Å²) in [6, 6.07) is 9.34. The van der Waals surface area contributed by atoms with E-state index in [1.54, 1.807) is 36.0 Å². The van der Waals surface area contributed by atoms with Gasteiger partial charge in [0.1, 0.15) is 5.82 Å². The molecular formula is C23H23FN6O2. The zero-order chi connectivity index (χ0) is 22.8. The van der Waals surface area contributed by atoms with Crippen LogP contribution in [0.4, 0.5) is 4.39 Å². The zero-order valence-electron chi connectivity index (χ0n) is 18.2. The molecule has 8 nitrogen and oxygen atoms in total. The molecule has 4 aromatic rings. The zero-order valence-corrected chi connectivity index (χ0v) is 18.2. The molecule has 3 aromatic heterocycles. The van der Waals surface area contributed by atoms with Gasteiger partial charge in [-0.25, -0.2) is 14.1 Å². The number of amides is 1. The van der Waals surface area contributed by atoms with Gasteiger partial charge in [-0.2, -0.15) is 10.1 Å². The van der Waals surface area contributed by atoms with Crippen molar-refractivity contribution in [1.29, 1.82) is 0 Å². The van der Waals surface area contributed by atoms with E-state index in [0.29, 0.717) is 34.4 Å². The summed E-state index contributed by atoms with van der Waals surface area (Å²) in [5.74, 6) is 1.18. The molecule has 9 heteroatoms. The lowest BCUT2D eigenvalue weighted by Gasteiger charge is -2.14. The summed E-state index contributed by atoms with van der Waals surface area (Å²) in [7, 11) is 0. The number of pyridine rings is 1. The minimum atomic E-state index is -0.317.